The molecule has 2 heterocycles. The third-order valence-corrected chi connectivity index (χ3v) is 7.69. The first-order valence-electron chi connectivity index (χ1n) is 11.2. The molecule has 0 unspecified atom stereocenters. The molecule has 0 bridgehead atoms. The smallest absolute Gasteiger partial charge is 0.243 e. The minimum Gasteiger partial charge on any atom is -0.356 e. The lowest BCUT2D eigenvalue weighted by molar-refractivity contribution is -0.121. The highest BCUT2D eigenvalue weighted by molar-refractivity contribution is 7.89. The summed E-state index contributed by atoms with van der Waals surface area (Å²) in [5.41, 5.74) is 2.50. The Labute approximate surface area is 188 Å². The Morgan fingerprint density at radius 2 is 1.81 bits per heavy atom. The fourth-order valence-electron chi connectivity index (χ4n) is 3.99. The van der Waals surface area contributed by atoms with Crippen LogP contribution in [0.1, 0.15) is 37.7 Å². The van der Waals surface area contributed by atoms with Gasteiger partial charge in [-0.25, -0.2) is 13.1 Å². The van der Waals surface area contributed by atoms with Crippen molar-refractivity contribution in [2.45, 2.75) is 50.0 Å². The maximum absolute atomic E-state index is 12.9. The first kappa shape index (κ1) is 22.4. The van der Waals surface area contributed by atoms with E-state index in [9.17, 15) is 13.2 Å². The van der Waals surface area contributed by atoms with Gasteiger partial charge in [-0.2, -0.15) is 4.31 Å². The van der Waals surface area contributed by atoms with E-state index in [0.29, 0.717) is 31.7 Å². The van der Waals surface area contributed by atoms with Crippen molar-refractivity contribution in [3.05, 3.63) is 54.1 Å². The van der Waals surface area contributed by atoms with E-state index in [1.807, 2.05) is 18.2 Å². The molecule has 3 aromatic rings. The molecule has 0 aliphatic carbocycles. The molecular weight excluding hydrogens is 426 g/mol. The van der Waals surface area contributed by atoms with Crippen molar-refractivity contribution in [1.29, 1.82) is 0 Å². The largest absolute Gasteiger partial charge is 0.356 e. The van der Waals surface area contributed by atoms with Crippen LogP contribution in [-0.4, -0.2) is 53.3 Å². The predicted octanol–water partition coefficient (Wildman–Crippen LogP) is 2.75. The minimum atomic E-state index is -3.51. The van der Waals surface area contributed by atoms with Gasteiger partial charge in [0, 0.05) is 26.1 Å². The van der Waals surface area contributed by atoms with E-state index in [2.05, 4.69) is 27.8 Å². The number of nitrogens with zero attached hydrogens (tertiary/aromatic N) is 4. The Balaban J connectivity index is 1.30. The Morgan fingerprint density at radius 1 is 1.03 bits per heavy atom. The van der Waals surface area contributed by atoms with Gasteiger partial charge in [-0.05, 0) is 49.4 Å². The van der Waals surface area contributed by atoms with Crippen LogP contribution in [0.5, 0.6) is 0 Å². The molecule has 9 heteroatoms. The minimum absolute atomic E-state index is 0.0361. The molecule has 1 amide bonds. The SMILES string of the molecule is O=C(CCn1nnc2cc(S(=O)(=O)N3CCCCC3)ccc21)NCCCc1ccccc1. The summed E-state index contributed by atoms with van der Waals surface area (Å²) >= 11 is 0. The first-order chi connectivity index (χ1) is 15.5. The Bertz CT molecular complexity index is 1150. The highest BCUT2D eigenvalue weighted by Crippen LogP contribution is 2.23. The number of nitrogens with one attached hydrogen (secondary N) is 1. The molecule has 1 aromatic heterocycles. The van der Waals surface area contributed by atoms with E-state index in [1.54, 1.807) is 27.2 Å². The lowest BCUT2D eigenvalue weighted by Crippen LogP contribution is -2.35. The maximum Gasteiger partial charge on any atom is 0.243 e. The van der Waals surface area contributed by atoms with Crippen molar-refractivity contribution in [3.63, 3.8) is 0 Å². The van der Waals surface area contributed by atoms with Crippen molar-refractivity contribution in [1.82, 2.24) is 24.6 Å². The van der Waals surface area contributed by atoms with Gasteiger partial charge < -0.3 is 5.32 Å². The molecular formula is C23H29N5O3S. The molecule has 0 spiro atoms. The van der Waals surface area contributed by atoms with E-state index < -0.39 is 10.0 Å². The Hall–Kier alpha value is -2.78. The van der Waals surface area contributed by atoms with Crippen molar-refractivity contribution < 1.29 is 13.2 Å². The molecule has 1 N–H and O–H groups in total. The summed E-state index contributed by atoms with van der Waals surface area (Å²) in [4.78, 5) is 12.4. The normalized spacial score (nSPS) is 15.1. The van der Waals surface area contributed by atoms with E-state index in [4.69, 9.17) is 0 Å². The maximum atomic E-state index is 12.9. The number of aryl methyl sites for hydroxylation is 2. The van der Waals surface area contributed by atoms with Crippen molar-refractivity contribution >= 4 is 27.0 Å². The van der Waals surface area contributed by atoms with Gasteiger partial charge in [0.25, 0.3) is 0 Å². The molecule has 1 saturated heterocycles. The van der Waals surface area contributed by atoms with Gasteiger partial charge in [-0.15, -0.1) is 5.10 Å². The average Bonchev–Trinajstić information content (AvgIpc) is 3.24. The molecule has 170 valence electrons. The Morgan fingerprint density at radius 3 is 2.59 bits per heavy atom. The zero-order valence-electron chi connectivity index (χ0n) is 18.1. The number of benzene rings is 2. The zero-order valence-corrected chi connectivity index (χ0v) is 18.9. The topological polar surface area (TPSA) is 97.2 Å². The van der Waals surface area contributed by atoms with Crippen LogP contribution >= 0.6 is 0 Å². The number of amides is 1. The van der Waals surface area contributed by atoms with Gasteiger partial charge in [-0.1, -0.05) is 42.0 Å². The molecule has 1 fully saturated rings. The molecule has 1 aliphatic rings. The number of aromatic nitrogens is 3. The van der Waals surface area contributed by atoms with E-state index in [-0.39, 0.29) is 17.2 Å². The summed E-state index contributed by atoms with van der Waals surface area (Å²) in [5, 5.41) is 11.2. The third-order valence-electron chi connectivity index (χ3n) is 5.80. The van der Waals surface area contributed by atoms with Crippen LogP contribution in [0.2, 0.25) is 0 Å². The van der Waals surface area contributed by atoms with Crippen molar-refractivity contribution in [2.24, 2.45) is 0 Å². The summed E-state index contributed by atoms with van der Waals surface area (Å²) in [6.07, 6.45) is 4.96. The van der Waals surface area contributed by atoms with Crippen molar-refractivity contribution in [3.8, 4) is 0 Å². The van der Waals surface area contributed by atoms with Crippen LogP contribution in [-0.2, 0) is 27.8 Å². The number of hydrogen-bond donors (Lipinski definition) is 1. The van der Waals surface area contributed by atoms with Gasteiger partial charge >= 0.3 is 0 Å². The number of carbonyl (C=O) groups excluding carboxylic acids is 1. The predicted molar refractivity (Wildman–Crippen MR) is 123 cm³/mol. The molecule has 4 rings (SSSR count). The highest BCUT2D eigenvalue weighted by Gasteiger charge is 2.26. The monoisotopic (exact) mass is 455 g/mol. The number of sulfonamides is 1. The lowest BCUT2D eigenvalue weighted by Gasteiger charge is -2.25. The van der Waals surface area contributed by atoms with Crippen LogP contribution in [0.4, 0.5) is 0 Å². The summed E-state index contributed by atoms with van der Waals surface area (Å²) in [6, 6.07) is 15.1. The number of rotatable bonds is 9. The molecule has 0 atom stereocenters. The van der Waals surface area contributed by atoms with Gasteiger partial charge in [0.2, 0.25) is 15.9 Å². The second-order valence-corrected chi connectivity index (χ2v) is 10.1. The molecule has 0 saturated carbocycles. The third kappa shape index (κ3) is 5.34. The lowest BCUT2D eigenvalue weighted by atomic mass is 10.1. The Kier molecular flexibility index (Phi) is 7.16. The van der Waals surface area contributed by atoms with Gasteiger partial charge in [0.1, 0.15) is 5.52 Å². The summed E-state index contributed by atoms with van der Waals surface area (Å²) in [6.45, 7) is 2.14. The number of hydrogen-bond acceptors (Lipinski definition) is 5. The summed E-state index contributed by atoms with van der Waals surface area (Å²) in [5.74, 6) is -0.0361. The van der Waals surface area contributed by atoms with Crippen LogP contribution in [0.3, 0.4) is 0 Å². The van der Waals surface area contributed by atoms with Crippen LogP contribution in [0, 0.1) is 0 Å². The molecule has 32 heavy (non-hydrogen) atoms. The summed E-state index contributed by atoms with van der Waals surface area (Å²) < 4.78 is 29.0. The standard InChI is InChI=1S/C23H29N5O3S/c29-23(24-14-7-10-19-8-3-1-4-9-19)13-17-28-22-12-11-20(18-21(22)25-26-28)32(30,31)27-15-5-2-6-16-27/h1,3-4,8-9,11-12,18H,2,5-7,10,13-17H2,(H,24,29). The van der Waals surface area contributed by atoms with Crippen LogP contribution in [0.25, 0.3) is 11.0 Å². The molecule has 2 aromatic carbocycles. The average molecular weight is 456 g/mol. The number of carbonyl (C=O) groups is 1. The molecule has 0 radical (unpaired) electrons. The fraction of sp³-hybridized carbons (Fsp3) is 0.435. The number of piperidine rings is 1. The second-order valence-electron chi connectivity index (χ2n) is 8.12. The number of fused-ring (bicyclic) bond motifs is 1. The van der Waals surface area contributed by atoms with Gasteiger partial charge in [0.15, 0.2) is 0 Å². The quantitative estimate of drug-likeness (QED) is 0.501. The van der Waals surface area contributed by atoms with E-state index in [1.165, 1.54) is 5.56 Å². The van der Waals surface area contributed by atoms with Gasteiger partial charge in [0.05, 0.1) is 17.0 Å². The zero-order chi connectivity index (χ0) is 22.4. The first-order valence-corrected chi connectivity index (χ1v) is 12.6. The summed E-state index contributed by atoms with van der Waals surface area (Å²) in [7, 11) is -3.51. The van der Waals surface area contributed by atoms with Gasteiger partial charge in [-0.3, -0.25) is 4.79 Å². The van der Waals surface area contributed by atoms with E-state index in [0.717, 1.165) is 37.6 Å². The highest BCUT2D eigenvalue weighted by atomic mass is 32.2. The van der Waals surface area contributed by atoms with Crippen molar-refractivity contribution in [2.75, 3.05) is 19.6 Å². The fourth-order valence-corrected chi connectivity index (χ4v) is 5.53. The molecule has 1 aliphatic heterocycles. The van der Waals surface area contributed by atoms with Crippen LogP contribution < -0.4 is 5.32 Å². The second kappa shape index (κ2) is 10.2. The molecule has 8 nitrogen and oxygen atoms in total. The van der Waals surface area contributed by atoms with Crippen LogP contribution in [0.15, 0.2) is 53.4 Å². The van der Waals surface area contributed by atoms with E-state index >= 15 is 0 Å².